The molecule has 48 valence electrons. The molecule has 5 heteroatoms. The van der Waals surface area contributed by atoms with Gasteiger partial charge in [0.05, 0.1) is 0 Å². The fourth-order valence-electron chi connectivity index (χ4n) is 0. The summed E-state index contributed by atoms with van der Waals surface area (Å²) < 4.78 is 0. The first-order chi connectivity index (χ1) is 3.46. The molecule has 0 rings (SSSR count). The van der Waals surface area contributed by atoms with Crippen LogP contribution in [0.15, 0.2) is 0 Å². The molecule has 0 saturated heterocycles. The Bertz CT molecular complexity index is 70.6. The zero-order valence-electron chi connectivity index (χ0n) is 5.63. The third kappa shape index (κ3) is 1120. The van der Waals surface area contributed by atoms with E-state index in [4.69, 9.17) is 19.8 Å². The molecule has 0 aliphatic carbocycles. The third-order valence-corrected chi connectivity index (χ3v) is 0. The second-order valence-corrected chi connectivity index (χ2v) is 0.983. The summed E-state index contributed by atoms with van der Waals surface area (Å²) >= 11 is 0. The number of carbonyl (C=O) groups is 2. The predicted octanol–water partition coefficient (Wildman–Crippen LogP) is -5.48. The summed E-state index contributed by atoms with van der Waals surface area (Å²) in [6.45, 7) is 1.94. The minimum Gasteiger partial charge on any atom is -0.550 e. The van der Waals surface area contributed by atoms with Crippen LogP contribution in [-0.4, -0.2) is 11.9 Å². The predicted molar refractivity (Wildman–Crippen MR) is 21.4 cm³/mol. The van der Waals surface area contributed by atoms with E-state index in [1.54, 1.807) is 0 Å². The Morgan fingerprint density at radius 2 is 1.00 bits per heavy atom. The first-order valence-electron chi connectivity index (χ1n) is 1.82. The molecule has 0 amide bonds. The Kier molecular flexibility index (Phi) is 20.6. The van der Waals surface area contributed by atoms with Gasteiger partial charge in [-0.15, -0.1) is 0 Å². The minimum atomic E-state index is -1.08. The van der Waals surface area contributed by atoms with Crippen molar-refractivity contribution in [3.63, 3.8) is 0 Å². The summed E-state index contributed by atoms with van der Waals surface area (Å²) in [7, 11) is 0. The number of carbonyl (C=O) groups excluding carboxylic acids is 2. The number of carboxylic acids is 2. The van der Waals surface area contributed by atoms with Gasteiger partial charge < -0.3 is 19.8 Å². The normalized spacial score (nSPS) is 5.56. The smallest absolute Gasteiger partial charge is 0.550 e. The van der Waals surface area contributed by atoms with E-state index >= 15 is 0 Å². The van der Waals surface area contributed by atoms with Gasteiger partial charge in [-0.3, -0.25) is 0 Å². The molecule has 0 atom stereocenters. The van der Waals surface area contributed by atoms with Crippen LogP contribution in [0, 0.1) is 0 Å². The van der Waals surface area contributed by atoms with Gasteiger partial charge in [0.25, 0.3) is 0 Å². The fraction of sp³-hybridized carbons (Fsp3) is 0.500. The molecule has 0 spiro atoms. The molecule has 0 aliphatic heterocycles. The van der Waals surface area contributed by atoms with Crippen LogP contribution < -0.4 is 61.6 Å². The van der Waals surface area contributed by atoms with Crippen LogP contribution in [0.1, 0.15) is 13.8 Å². The van der Waals surface area contributed by atoms with E-state index in [0.717, 1.165) is 13.8 Å². The van der Waals surface area contributed by atoms with E-state index in [2.05, 4.69) is 0 Å². The van der Waals surface area contributed by atoms with Gasteiger partial charge in [0.15, 0.2) is 0 Å². The maximum Gasteiger partial charge on any atom is 1.00 e. The molecule has 0 aromatic rings. The molecule has 0 fully saturated rings. The Morgan fingerprint density at radius 3 is 1.00 bits per heavy atom. The number of hydrogen-bond donors (Lipinski definition) is 0. The van der Waals surface area contributed by atoms with Crippen LogP contribution in [0.25, 0.3) is 0 Å². The first kappa shape index (κ1) is 16.3. The van der Waals surface area contributed by atoms with Crippen LogP contribution >= 0.6 is 0 Å². The van der Waals surface area contributed by atoms with Gasteiger partial charge >= 0.3 is 51.4 Å². The molecule has 0 aliphatic rings. The van der Waals surface area contributed by atoms with Crippen molar-refractivity contribution < 1.29 is 71.2 Å². The van der Waals surface area contributed by atoms with Crippen molar-refractivity contribution in [3.05, 3.63) is 0 Å². The zero-order chi connectivity index (χ0) is 7.15. The maximum atomic E-state index is 8.89. The maximum absolute atomic E-state index is 8.89. The van der Waals surface area contributed by atoms with Crippen molar-refractivity contribution in [3.8, 4) is 0 Å². The van der Waals surface area contributed by atoms with Crippen LogP contribution in [0.5, 0.6) is 0 Å². The second-order valence-electron chi connectivity index (χ2n) is 0.983. The topological polar surface area (TPSA) is 80.3 Å². The number of hydrogen-bond acceptors (Lipinski definition) is 4. The molecule has 0 N–H and O–H groups in total. The van der Waals surface area contributed by atoms with Gasteiger partial charge in [-0.25, -0.2) is 0 Å². The quantitative estimate of drug-likeness (QED) is 0.328. The molecule has 0 aromatic heterocycles. The van der Waals surface area contributed by atoms with Gasteiger partial charge in [-0.2, -0.15) is 0 Å². The van der Waals surface area contributed by atoms with Crippen LogP contribution in [0.2, 0.25) is 0 Å². The second kappa shape index (κ2) is 11.4. The zero-order valence-corrected chi connectivity index (χ0v) is 8.76. The Hall–Kier alpha value is 0.576. The summed E-state index contributed by atoms with van der Waals surface area (Å²) in [5.41, 5.74) is 0. The van der Waals surface area contributed by atoms with Gasteiger partial charge in [0.1, 0.15) is 0 Å². The van der Waals surface area contributed by atoms with E-state index in [1.807, 2.05) is 0 Å². The number of aliphatic carboxylic acids is 2. The van der Waals surface area contributed by atoms with E-state index in [1.165, 1.54) is 0 Å². The number of carboxylic acid groups (broad SMARTS) is 2. The van der Waals surface area contributed by atoms with Crippen molar-refractivity contribution in [2.75, 3.05) is 0 Å². The van der Waals surface area contributed by atoms with Crippen molar-refractivity contribution in [2.45, 2.75) is 13.8 Å². The average molecular weight is 157 g/mol. The van der Waals surface area contributed by atoms with Gasteiger partial charge in [-0.1, -0.05) is 0 Å². The Labute approximate surface area is 95.7 Å². The standard InChI is InChI=1S/2C2H4O2.K/c2*1-2(3)4;/h2*1H3,(H,3,4);/q;;+1/p-2. The van der Waals surface area contributed by atoms with Gasteiger partial charge in [0, 0.05) is 11.9 Å². The monoisotopic (exact) mass is 157 g/mol. The number of rotatable bonds is 0. The van der Waals surface area contributed by atoms with Crippen LogP contribution in [0.4, 0.5) is 0 Å². The average Bonchev–Trinajstić information content (AvgIpc) is 1.25. The Morgan fingerprint density at radius 1 is 1.00 bits per heavy atom. The Balaban J connectivity index is -0.0000000720. The fourth-order valence-corrected chi connectivity index (χ4v) is 0. The van der Waals surface area contributed by atoms with Crippen LogP contribution in [-0.2, 0) is 9.59 Å². The molecule has 0 saturated carbocycles. The van der Waals surface area contributed by atoms with Crippen molar-refractivity contribution >= 4 is 11.9 Å². The summed E-state index contributed by atoms with van der Waals surface area (Å²) in [4.78, 5) is 17.8. The largest absolute Gasteiger partial charge is 1.00 e. The molecule has 9 heavy (non-hydrogen) atoms. The molecule has 0 aromatic carbocycles. The summed E-state index contributed by atoms with van der Waals surface area (Å²) in [6.07, 6.45) is 0. The van der Waals surface area contributed by atoms with Crippen molar-refractivity contribution in [2.24, 2.45) is 0 Å². The first-order valence-corrected chi connectivity index (χ1v) is 1.82. The molecule has 0 bridgehead atoms. The van der Waals surface area contributed by atoms with E-state index in [9.17, 15) is 0 Å². The van der Waals surface area contributed by atoms with Gasteiger partial charge in [-0.05, 0) is 13.8 Å². The van der Waals surface area contributed by atoms with Crippen molar-refractivity contribution in [1.82, 2.24) is 0 Å². The van der Waals surface area contributed by atoms with Gasteiger partial charge in [0.2, 0.25) is 0 Å². The summed E-state index contributed by atoms with van der Waals surface area (Å²) in [6, 6.07) is 0. The molecular weight excluding hydrogens is 151 g/mol. The molecule has 0 heterocycles. The summed E-state index contributed by atoms with van der Waals surface area (Å²) in [5.74, 6) is -2.17. The molecular formula is C4H6KO4-. The van der Waals surface area contributed by atoms with Crippen LogP contribution in [0.3, 0.4) is 0 Å². The van der Waals surface area contributed by atoms with E-state index < -0.39 is 11.9 Å². The molecule has 4 nitrogen and oxygen atoms in total. The molecule has 0 unspecified atom stereocenters. The summed E-state index contributed by atoms with van der Waals surface area (Å²) in [5, 5.41) is 17.8. The molecule has 0 radical (unpaired) electrons. The van der Waals surface area contributed by atoms with Crippen molar-refractivity contribution in [1.29, 1.82) is 0 Å². The third-order valence-electron chi connectivity index (χ3n) is 0. The SMILES string of the molecule is CC(=O)[O-].CC(=O)[O-].[K+]. The van der Waals surface area contributed by atoms with E-state index in [-0.39, 0.29) is 51.4 Å². The minimum absolute atomic E-state index is 0. The van der Waals surface area contributed by atoms with E-state index in [0.29, 0.717) is 0 Å².